The first-order valence-corrected chi connectivity index (χ1v) is 13.9. The van der Waals surface area contributed by atoms with Crippen LogP contribution in [0.1, 0.15) is 138 Å². The molecule has 0 heterocycles. The molecule has 164 valence electrons. The van der Waals surface area contributed by atoms with Gasteiger partial charge in [0.15, 0.2) is 0 Å². The third-order valence-corrected chi connectivity index (χ3v) is 8.34. The third-order valence-electron chi connectivity index (χ3n) is 7.23. The lowest BCUT2D eigenvalue weighted by Crippen LogP contribution is -2.10. The van der Waals surface area contributed by atoms with E-state index in [0.29, 0.717) is 17.6 Å². The lowest BCUT2D eigenvalue weighted by atomic mass is 9.78. The zero-order chi connectivity index (χ0) is 20.3. The van der Waals surface area contributed by atoms with Crippen molar-refractivity contribution in [2.75, 3.05) is 5.75 Å². The fourth-order valence-corrected chi connectivity index (χ4v) is 6.41. The van der Waals surface area contributed by atoms with E-state index in [2.05, 4.69) is 30.8 Å². The molecule has 3 rings (SSSR count). The average Bonchev–Trinajstić information content (AvgIpc) is 2.77. The summed E-state index contributed by atoms with van der Waals surface area (Å²) in [5.74, 6) is 4.26. The number of hydrogen-bond donors (Lipinski definition) is 1. The van der Waals surface area contributed by atoms with Crippen LogP contribution in [0.4, 0.5) is 0 Å². The van der Waals surface area contributed by atoms with E-state index in [1.807, 2.05) is 0 Å². The molecule has 1 aromatic rings. The monoisotopic (exact) mass is 416 g/mol. The molecule has 1 nitrogen and oxygen atoms in total. The molecule has 0 amide bonds. The molecule has 0 radical (unpaired) electrons. The molecular weight excluding hydrogens is 372 g/mol. The van der Waals surface area contributed by atoms with E-state index in [4.69, 9.17) is 0 Å². The van der Waals surface area contributed by atoms with Crippen molar-refractivity contribution in [3.63, 3.8) is 0 Å². The highest BCUT2D eigenvalue weighted by Crippen LogP contribution is 2.44. The normalized spacial score (nSPS) is 18.9. The van der Waals surface area contributed by atoms with Gasteiger partial charge in [0.05, 0.1) is 0 Å². The van der Waals surface area contributed by atoms with Crippen LogP contribution in [-0.2, 0) is 5.75 Å². The van der Waals surface area contributed by atoms with E-state index < -0.39 is 0 Å². The maximum absolute atomic E-state index is 11.2. The molecular formula is C27H44OS. The van der Waals surface area contributed by atoms with Crippen molar-refractivity contribution in [1.82, 2.24) is 0 Å². The molecule has 2 saturated carbocycles. The Morgan fingerprint density at radius 3 is 1.83 bits per heavy atom. The number of phenols is 1. The molecule has 0 atom stereocenters. The van der Waals surface area contributed by atoms with Crippen LogP contribution >= 0.6 is 11.8 Å². The molecule has 29 heavy (non-hydrogen) atoms. The minimum Gasteiger partial charge on any atom is -0.507 e. The predicted molar refractivity (Wildman–Crippen MR) is 129 cm³/mol. The third kappa shape index (κ3) is 7.23. The number of rotatable bonds is 11. The van der Waals surface area contributed by atoms with Crippen molar-refractivity contribution in [1.29, 1.82) is 0 Å². The van der Waals surface area contributed by atoms with Gasteiger partial charge in [0, 0.05) is 5.75 Å². The van der Waals surface area contributed by atoms with Crippen LogP contribution in [0.25, 0.3) is 0 Å². The van der Waals surface area contributed by atoms with Gasteiger partial charge in [0.2, 0.25) is 0 Å². The molecule has 0 aromatic heterocycles. The molecule has 2 aliphatic rings. The minimum absolute atomic E-state index is 0.592. The van der Waals surface area contributed by atoms with Crippen molar-refractivity contribution >= 4 is 11.8 Å². The van der Waals surface area contributed by atoms with Gasteiger partial charge in [-0.05, 0) is 66.4 Å². The van der Waals surface area contributed by atoms with Gasteiger partial charge in [-0.2, -0.15) is 11.8 Å². The van der Waals surface area contributed by atoms with Crippen LogP contribution in [0.3, 0.4) is 0 Å². The summed E-state index contributed by atoms with van der Waals surface area (Å²) >= 11 is 2.11. The molecule has 2 fully saturated rings. The minimum atomic E-state index is 0.592. The van der Waals surface area contributed by atoms with Gasteiger partial charge in [-0.3, -0.25) is 0 Å². The van der Waals surface area contributed by atoms with Gasteiger partial charge in [-0.25, -0.2) is 0 Å². The molecule has 1 aromatic carbocycles. The largest absolute Gasteiger partial charge is 0.507 e. The van der Waals surface area contributed by atoms with Gasteiger partial charge < -0.3 is 5.11 Å². The summed E-state index contributed by atoms with van der Waals surface area (Å²) in [7, 11) is 0. The second-order valence-corrected chi connectivity index (χ2v) is 10.7. The Hall–Kier alpha value is -0.630. The molecule has 0 unspecified atom stereocenters. The van der Waals surface area contributed by atoms with Crippen LogP contribution in [0.2, 0.25) is 0 Å². The fourth-order valence-electron chi connectivity index (χ4n) is 5.45. The summed E-state index contributed by atoms with van der Waals surface area (Å²) in [4.78, 5) is 0. The van der Waals surface area contributed by atoms with E-state index in [9.17, 15) is 5.11 Å². The summed E-state index contributed by atoms with van der Waals surface area (Å²) in [6, 6.07) is 4.76. The zero-order valence-corrected chi connectivity index (χ0v) is 19.7. The van der Waals surface area contributed by atoms with Gasteiger partial charge in [0.25, 0.3) is 0 Å². The van der Waals surface area contributed by atoms with Crippen LogP contribution in [0, 0.1) is 0 Å². The number of hydrogen-bond acceptors (Lipinski definition) is 2. The van der Waals surface area contributed by atoms with Crippen LogP contribution in [0.15, 0.2) is 12.1 Å². The van der Waals surface area contributed by atoms with Crippen molar-refractivity contribution in [3.8, 4) is 5.75 Å². The Labute approximate surface area is 184 Å². The van der Waals surface area contributed by atoms with Crippen LogP contribution < -0.4 is 0 Å². The van der Waals surface area contributed by atoms with Gasteiger partial charge >= 0.3 is 0 Å². The topological polar surface area (TPSA) is 20.2 Å². The molecule has 0 spiro atoms. The maximum Gasteiger partial charge on any atom is 0.122 e. The molecule has 0 saturated heterocycles. The highest BCUT2D eigenvalue weighted by atomic mass is 32.2. The standard InChI is InChI=1S/C27H44OS/c1-2-3-4-5-6-13-18-29-21-22-19-25(23-14-9-7-10-15-23)27(28)26(20-22)24-16-11-8-12-17-24/h19-20,23-24,28H,2-18,21H2,1H3. The highest BCUT2D eigenvalue weighted by Gasteiger charge is 2.25. The highest BCUT2D eigenvalue weighted by molar-refractivity contribution is 7.98. The summed E-state index contributed by atoms with van der Waals surface area (Å²) in [6.45, 7) is 2.29. The number of unbranched alkanes of at least 4 members (excludes halogenated alkanes) is 5. The Morgan fingerprint density at radius 1 is 0.759 bits per heavy atom. The number of benzene rings is 1. The first-order valence-electron chi connectivity index (χ1n) is 12.7. The lowest BCUT2D eigenvalue weighted by Gasteiger charge is -2.28. The van der Waals surface area contributed by atoms with Gasteiger partial charge in [0.1, 0.15) is 5.75 Å². The summed E-state index contributed by atoms with van der Waals surface area (Å²) in [5, 5.41) is 11.2. The Balaban J connectivity index is 1.62. The van der Waals surface area contributed by atoms with Crippen molar-refractivity contribution in [3.05, 3.63) is 28.8 Å². The van der Waals surface area contributed by atoms with E-state index >= 15 is 0 Å². The smallest absolute Gasteiger partial charge is 0.122 e. The van der Waals surface area contributed by atoms with Crippen LogP contribution in [-0.4, -0.2) is 10.9 Å². The number of phenolic OH excluding ortho intramolecular Hbond substituents is 1. The SMILES string of the molecule is CCCCCCCCSCc1cc(C2CCCCC2)c(O)c(C2CCCCC2)c1. The number of thioether (sulfide) groups is 1. The summed E-state index contributed by atoms with van der Waals surface area (Å²) < 4.78 is 0. The molecule has 2 aliphatic carbocycles. The summed E-state index contributed by atoms with van der Waals surface area (Å²) in [5.41, 5.74) is 4.06. The molecule has 2 heteroatoms. The maximum atomic E-state index is 11.2. The Kier molecular flexibility index (Phi) is 10.3. The molecule has 1 N–H and O–H groups in total. The second-order valence-electron chi connectivity index (χ2n) is 9.61. The second kappa shape index (κ2) is 12.9. The molecule has 0 aliphatic heterocycles. The lowest BCUT2D eigenvalue weighted by molar-refractivity contribution is 0.393. The average molecular weight is 417 g/mol. The van der Waals surface area contributed by atoms with Crippen molar-refractivity contribution in [2.45, 2.75) is 127 Å². The zero-order valence-electron chi connectivity index (χ0n) is 18.9. The van der Waals surface area contributed by atoms with Crippen molar-refractivity contribution in [2.24, 2.45) is 0 Å². The van der Waals surface area contributed by atoms with Gasteiger partial charge in [-0.15, -0.1) is 0 Å². The summed E-state index contributed by atoms with van der Waals surface area (Å²) in [6.07, 6.45) is 21.5. The Morgan fingerprint density at radius 2 is 1.28 bits per heavy atom. The van der Waals surface area contributed by atoms with Gasteiger partial charge in [-0.1, -0.05) is 89.7 Å². The quantitative estimate of drug-likeness (QED) is 0.363. The predicted octanol–water partition coefficient (Wildman–Crippen LogP) is 9.08. The first kappa shape index (κ1) is 23.0. The number of aromatic hydroxyl groups is 1. The van der Waals surface area contributed by atoms with Crippen LogP contribution in [0.5, 0.6) is 5.75 Å². The molecule has 0 bridgehead atoms. The fraction of sp³-hybridized carbons (Fsp3) is 0.778. The van der Waals surface area contributed by atoms with E-state index in [1.54, 1.807) is 0 Å². The van der Waals surface area contributed by atoms with E-state index in [1.165, 1.54) is 125 Å². The van der Waals surface area contributed by atoms with E-state index in [-0.39, 0.29) is 0 Å². The van der Waals surface area contributed by atoms with E-state index in [0.717, 1.165) is 5.75 Å². The van der Waals surface area contributed by atoms with Crippen molar-refractivity contribution < 1.29 is 5.11 Å². The Bertz CT molecular complexity index is 545. The first-order chi connectivity index (χ1) is 14.3.